The average molecular weight is 348 g/mol. The number of carbonyl (C=O) groups excluding carboxylic acids is 1. The Morgan fingerprint density at radius 3 is 2.50 bits per heavy atom. The van der Waals surface area contributed by atoms with E-state index in [1.807, 2.05) is 56.3 Å². The van der Waals surface area contributed by atoms with Crippen molar-refractivity contribution >= 4 is 23.1 Å². The molecule has 0 unspecified atom stereocenters. The minimum absolute atomic E-state index is 0.245. The van der Waals surface area contributed by atoms with Crippen LogP contribution in [0.25, 0.3) is 0 Å². The van der Waals surface area contributed by atoms with Crippen molar-refractivity contribution in [3.05, 3.63) is 71.7 Å². The Bertz CT molecular complexity index is 923. The molecule has 2 aromatic carbocycles. The largest absolute Gasteiger partial charge is 0.495 e. The van der Waals surface area contributed by atoms with Gasteiger partial charge in [-0.3, -0.25) is 4.79 Å². The quantitative estimate of drug-likeness (QED) is 0.726. The second-order valence-electron chi connectivity index (χ2n) is 5.88. The van der Waals surface area contributed by atoms with E-state index in [4.69, 9.17) is 4.74 Å². The van der Waals surface area contributed by atoms with Gasteiger partial charge in [-0.2, -0.15) is 0 Å². The number of hydrogen-bond donors (Lipinski definition) is 2. The molecule has 0 saturated carbocycles. The maximum atomic E-state index is 12.3. The first-order chi connectivity index (χ1) is 12.6. The van der Waals surface area contributed by atoms with E-state index in [2.05, 4.69) is 20.6 Å². The Morgan fingerprint density at radius 2 is 1.81 bits per heavy atom. The molecule has 26 heavy (non-hydrogen) atoms. The molecule has 6 heteroatoms. The lowest BCUT2D eigenvalue weighted by Crippen LogP contribution is -2.15. The van der Waals surface area contributed by atoms with Crippen molar-refractivity contribution in [3.63, 3.8) is 0 Å². The number of aryl methyl sites for hydroxylation is 2. The number of nitrogens with one attached hydrogen (secondary N) is 2. The van der Waals surface area contributed by atoms with Crippen LogP contribution < -0.4 is 15.4 Å². The van der Waals surface area contributed by atoms with Crippen LogP contribution in [0.3, 0.4) is 0 Å². The summed E-state index contributed by atoms with van der Waals surface area (Å²) in [4.78, 5) is 20.8. The molecule has 1 heterocycles. The number of benzene rings is 2. The number of anilines is 3. The zero-order chi connectivity index (χ0) is 18.5. The molecular weight excluding hydrogens is 328 g/mol. The van der Waals surface area contributed by atoms with E-state index in [0.717, 1.165) is 22.5 Å². The Balaban J connectivity index is 1.73. The number of carbonyl (C=O) groups is 1. The fraction of sp³-hybridized carbons (Fsp3) is 0.150. The Hall–Kier alpha value is -3.41. The van der Waals surface area contributed by atoms with Crippen molar-refractivity contribution in [2.24, 2.45) is 0 Å². The van der Waals surface area contributed by atoms with Gasteiger partial charge in [-0.1, -0.05) is 24.3 Å². The number of para-hydroxylation sites is 1. The number of aromatic nitrogens is 2. The molecule has 0 spiro atoms. The summed E-state index contributed by atoms with van der Waals surface area (Å²) in [6.07, 6.45) is 2.97. The summed E-state index contributed by atoms with van der Waals surface area (Å²) in [7, 11) is 1.61. The highest BCUT2D eigenvalue weighted by Gasteiger charge is 2.10. The highest BCUT2D eigenvalue weighted by Crippen LogP contribution is 2.27. The Morgan fingerprint density at radius 1 is 1.00 bits per heavy atom. The summed E-state index contributed by atoms with van der Waals surface area (Å²) in [5.41, 5.74) is 3.87. The Kier molecular flexibility index (Phi) is 5.12. The molecule has 0 bridgehead atoms. The van der Waals surface area contributed by atoms with E-state index in [9.17, 15) is 4.79 Å². The molecular formula is C20H20N4O2. The highest BCUT2D eigenvalue weighted by atomic mass is 16.5. The molecule has 0 saturated heterocycles. The molecule has 0 aliphatic heterocycles. The van der Waals surface area contributed by atoms with Gasteiger partial charge in [0, 0.05) is 5.69 Å². The van der Waals surface area contributed by atoms with Gasteiger partial charge in [0.15, 0.2) is 0 Å². The summed E-state index contributed by atoms with van der Waals surface area (Å²) in [6.45, 7) is 3.93. The topological polar surface area (TPSA) is 76.1 Å². The zero-order valence-corrected chi connectivity index (χ0v) is 14.9. The van der Waals surface area contributed by atoms with Crippen LogP contribution in [-0.2, 0) is 0 Å². The van der Waals surface area contributed by atoms with Crippen LogP contribution in [0.5, 0.6) is 5.75 Å². The third kappa shape index (κ3) is 3.97. The predicted octanol–water partition coefficient (Wildman–Crippen LogP) is 4.10. The number of methoxy groups -OCH3 is 1. The van der Waals surface area contributed by atoms with Gasteiger partial charge in [-0.05, 0) is 43.2 Å². The second-order valence-corrected chi connectivity index (χ2v) is 5.88. The van der Waals surface area contributed by atoms with E-state index in [1.165, 1.54) is 12.4 Å². The smallest absolute Gasteiger partial charge is 0.275 e. The molecule has 0 aliphatic carbocycles. The standard InChI is InChI=1S/C20H20N4O2/c1-13-8-9-18(26-3)16(10-13)23-19-12-21-17(11-22-19)20(25)24-15-7-5-4-6-14(15)2/h4-12H,1-3H3,(H,22,23)(H,24,25). The maximum absolute atomic E-state index is 12.3. The van der Waals surface area contributed by atoms with E-state index in [0.29, 0.717) is 11.6 Å². The van der Waals surface area contributed by atoms with Crippen molar-refractivity contribution in [2.45, 2.75) is 13.8 Å². The summed E-state index contributed by atoms with van der Waals surface area (Å²) >= 11 is 0. The van der Waals surface area contributed by atoms with Crippen molar-refractivity contribution in [2.75, 3.05) is 17.7 Å². The van der Waals surface area contributed by atoms with Gasteiger partial charge in [0.25, 0.3) is 5.91 Å². The van der Waals surface area contributed by atoms with E-state index < -0.39 is 0 Å². The number of ether oxygens (including phenoxy) is 1. The lowest BCUT2D eigenvalue weighted by atomic mass is 10.2. The number of nitrogens with zero attached hydrogens (tertiary/aromatic N) is 2. The molecule has 2 N–H and O–H groups in total. The van der Waals surface area contributed by atoms with Crippen LogP contribution in [0, 0.1) is 13.8 Å². The van der Waals surface area contributed by atoms with Gasteiger partial charge in [0.2, 0.25) is 0 Å². The van der Waals surface area contributed by atoms with Gasteiger partial charge >= 0.3 is 0 Å². The number of hydrogen-bond acceptors (Lipinski definition) is 5. The molecule has 0 fully saturated rings. The first-order valence-electron chi connectivity index (χ1n) is 8.17. The van der Waals surface area contributed by atoms with E-state index in [-0.39, 0.29) is 11.6 Å². The normalized spacial score (nSPS) is 10.3. The molecule has 6 nitrogen and oxygen atoms in total. The van der Waals surface area contributed by atoms with Crippen LogP contribution >= 0.6 is 0 Å². The van der Waals surface area contributed by atoms with E-state index in [1.54, 1.807) is 7.11 Å². The average Bonchev–Trinajstić information content (AvgIpc) is 2.64. The van der Waals surface area contributed by atoms with Gasteiger partial charge in [-0.15, -0.1) is 0 Å². The third-order valence-electron chi connectivity index (χ3n) is 3.90. The lowest BCUT2D eigenvalue weighted by Gasteiger charge is -2.11. The van der Waals surface area contributed by atoms with Gasteiger partial charge < -0.3 is 15.4 Å². The molecule has 132 valence electrons. The first kappa shape index (κ1) is 17.4. The molecule has 3 rings (SSSR count). The molecule has 0 aliphatic rings. The van der Waals surface area contributed by atoms with E-state index >= 15 is 0 Å². The second kappa shape index (κ2) is 7.65. The van der Waals surface area contributed by atoms with Crippen LogP contribution in [0.4, 0.5) is 17.2 Å². The SMILES string of the molecule is COc1ccc(C)cc1Nc1cnc(C(=O)Nc2ccccc2C)cn1. The van der Waals surface area contributed by atoms with Gasteiger partial charge in [-0.25, -0.2) is 9.97 Å². The Labute approximate surface area is 152 Å². The molecule has 0 radical (unpaired) electrons. The fourth-order valence-electron chi connectivity index (χ4n) is 2.47. The molecule has 0 atom stereocenters. The zero-order valence-electron chi connectivity index (χ0n) is 14.9. The number of rotatable bonds is 5. The summed E-state index contributed by atoms with van der Waals surface area (Å²) < 4.78 is 5.34. The van der Waals surface area contributed by atoms with Crippen molar-refractivity contribution < 1.29 is 9.53 Å². The van der Waals surface area contributed by atoms with Gasteiger partial charge in [0.05, 0.1) is 25.2 Å². The van der Waals surface area contributed by atoms with Crippen molar-refractivity contribution in [1.29, 1.82) is 0 Å². The summed E-state index contributed by atoms with van der Waals surface area (Å²) in [5, 5.41) is 6.00. The third-order valence-corrected chi connectivity index (χ3v) is 3.90. The van der Waals surface area contributed by atoms with Crippen LogP contribution in [0.15, 0.2) is 54.9 Å². The van der Waals surface area contributed by atoms with Crippen LogP contribution in [-0.4, -0.2) is 23.0 Å². The highest BCUT2D eigenvalue weighted by molar-refractivity contribution is 6.03. The first-order valence-corrected chi connectivity index (χ1v) is 8.17. The minimum atomic E-state index is -0.300. The molecule has 1 amide bonds. The van der Waals surface area contributed by atoms with Crippen molar-refractivity contribution in [3.8, 4) is 5.75 Å². The fourth-order valence-corrected chi connectivity index (χ4v) is 2.47. The summed E-state index contributed by atoms with van der Waals surface area (Å²) in [5.74, 6) is 0.937. The lowest BCUT2D eigenvalue weighted by molar-refractivity contribution is 0.102. The summed E-state index contributed by atoms with van der Waals surface area (Å²) in [6, 6.07) is 13.4. The van der Waals surface area contributed by atoms with Gasteiger partial charge in [0.1, 0.15) is 17.3 Å². The predicted molar refractivity (Wildman–Crippen MR) is 102 cm³/mol. The minimum Gasteiger partial charge on any atom is -0.495 e. The molecule has 1 aromatic heterocycles. The maximum Gasteiger partial charge on any atom is 0.275 e. The van der Waals surface area contributed by atoms with Crippen LogP contribution in [0.1, 0.15) is 21.6 Å². The van der Waals surface area contributed by atoms with Crippen molar-refractivity contribution in [1.82, 2.24) is 9.97 Å². The molecule has 3 aromatic rings. The van der Waals surface area contributed by atoms with Crippen LogP contribution in [0.2, 0.25) is 0 Å². The number of amides is 1. The monoisotopic (exact) mass is 348 g/mol.